The lowest BCUT2D eigenvalue weighted by Gasteiger charge is -2.10. The fraction of sp³-hybridized carbons (Fsp3) is 0.357. The molecule has 1 aromatic carbocycles. The first-order chi connectivity index (χ1) is 9.47. The van der Waals surface area contributed by atoms with Crippen molar-refractivity contribution >= 4 is 5.96 Å². The van der Waals surface area contributed by atoms with Gasteiger partial charge in [-0.05, 0) is 24.6 Å². The maximum absolute atomic E-state index is 12.6. The highest BCUT2D eigenvalue weighted by molar-refractivity contribution is 5.79. The van der Waals surface area contributed by atoms with Crippen molar-refractivity contribution in [3.8, 4) is 0 Å². The topological polar surface area (TPSA) is 36.4 Å². The number of alkyl halides is 3. The van der Waals surface area contributed by atoms with E-state index in [1.807, 2.05) is 6.92 Å². The van der Waals surface area contributed by atoms with Crippen LogP contribution in [0.25, 0.3) is 0 Å². The summed E-state index contributed by atoms with van der Waals surface area (Å²) in [5.41, 5.74) is -0.148. The maximum Gasteiger partial charge on any atom is 0.416 e. The minimum atomic E-state index is -4.33. The van der Waals surface area contributed by atoms with E-state index >= 15 is 0 Å². The van der Waals surface area contributed by atoms with Gasteiger partial charge in [0.25, 0.3) is 0 Å². The van der Waals surface area contributed by atoms with Crippen molar-refractivity contribution < 1.29 is 13.2 Å². The Morgan fingerprint density at radius 1 is 1.35 bits per heavy atom. The molecule has 0 spiro atoms. The molecule has 0 saturated heterocycles. The van der Waals surface area contributed by atoms with Crippen molar-refractivity contribution in [1.82, 2.24) is 10.6 Å². The van der Waals surface area contributed by atoms with Crippen LogP contribution in [0, 0.1) is 0 Å². The number of aliphatic imine (C=N–C) groups is 1. The zero-order valence-electron chi connectivity index (χ0n) is 11.3. The van der Waals surface area contributed by atoms with Crippen LogP contribution in [0.1, 0.15) is 18.1 Å². The van der Waals surface area contributed by atoms with E-state index in [9.17, 15) is 13.2 Å². The summed E-state index contributed by atoms with van der Waals surface area (Å²) in [6.07, 6.45) is -2.65. The molecule has 2 N–H and O–H groups in total. The van der Waals surface area contributed by atoms with Crippen LogP contribution >= 0.6 is 0 Å². The van der Waals surface area contributed by atoms with Crippen LogP contribution in [0.3, 0.4) is 0 Å². The Bertz CT molecular complexity index is 467. The van der Waals surface area contributed by atoms with Crippen LogP contribution in [-0.4, -0.2) is 19.0 Å². The van der Waals surface area contributed by atoms with Crippen LogP contribution in [0.5, 0.6) is 0 Å². The lowest BCUT2D eigenvalue weighted by Crippen LogP contribution is -2.37. The third-order valence-corrected chi connectivity index (χ3v) is 2.43. The predicted molar refractivity (Wildman–Crippen MR) is 74.5 cm³/mol. The van der Waals surface area contributed by atoms with Crippen LogP contribution in [0.15, 0.2) is 41.9 Å². The molecule has 0 aliphatic carbocycles. The summed E-state index contributed by atoms with van der Waals surface area (Å²) in [4.78, 5) is 4.22. The molecular weight excluding hydrogens is 267 g/mol. The minimum Gasteiger partial charge on any atom is -0.357 e. The fourth-order valence-electron chi connectivity index (χ4n) is 1.53. The monoisotopic (exact) mass is 285 g/mol. The van der Waals surface area contributed by atoms with Gasteiger partial charge in [-0.1, -0.05) is 18.2 Å². The Morgan fingerprint density at radius 2 is 2.10 bits per heavy atom. The summed E-state index contributed by atoms with van der Waals surface area (Å²) in [6.45, 7) is 6.88. The van der Waals surface area contributed by atoms with E-state index in [4.69, 9.17) is 0 Å². The largest absolute Gasteiger partial charge is 0.416 e. The molecule has 0 aliphatic rings. The summed E-state index contributed by atoms with van der Waals surface area (Å²) in [5.74, 6) is 0.546. The number of guanidine groups is 1. The van der Waals surface area contributed by atoms with Crippen LogP contribution in [0.4, 0.5) is 13.2 Å². The zero-order chi connectivity index (χ0) is 15.0. The van der Waals surface area contributed by atoms with E-state index in [0.29, 0.717) is 24.6 Å². The molecule has 0 atom stereocenters. The smallest absolute Gasteiger partial charge is 0.357 e. The Balaban J connectivity index is 2.78. The third kappa shape index (κ3) is 5.34. The fourth-order valence-corrected chi connectivity index (χ4v) is 1.53. The standard InChI is InChI=1S/C14H18F3N3/c1-3-8-19-13(18-4-2)20-10-11-6-5-7-12(9-11)14(15,16)17/h3,5-7,9H,1,4,8,10H2,2H3,(H2,18,19,20). The summed E-state index contributed by atoms with van der Waals surface area (Å²) >= 11 is 0. The first-order valence-electron chi connectivity index (χ1n) is 6.26. The van der Waals surface area contributed by atoms with Crippen molar-refractivity contribution in [1.29, 1.82) is 0 Å². The molecule has 6 heteroatoms. The molecule has 0 fully saturated rings. The van der Waals surface area contributed by atoms with Gasteiger partial charge in [0.2, 0.25) is 0 Å². The molecule has 0 aliphatic heterocycles. The van der Waals surface area contributed by atoms with Gasteiger partial charge in [-0.3, -0.25) is 0 Å². The molecule has 0 radical (unpaired) electrons. The van der Waals surface area contributed by atoms with Crippen LogP contribution in [0.2, 0.25) is 0 Å². The number of rotatable bonds is 5. The van der Waals surface area contributed by atoms with Gasteiger partial charge in [0.15, 0.2) is 5.96 Å². The van der Waals surface area contributed by atoms with E-state index in [-0.39, 0.29) is 6.54 Å². The van der Waals surface area contributed by atoms with Gasteiger partial charge in [-0.2, -0.15) is 13.2 Å². The molecule has 3 nitrogen and oxygen atoms in total. The molecule has 0 bridgehead atoms. The van der Waals surface area contributed by atoms with Gasteiger partial charge >= 0.3 is 6.18 Å². The number of halogens is 3. The minimum absolute atomic E-state index is 0.177. The normalized spacial score (nSPS) is 12.1. The van der Waals surface area contributed by atoms with Gasteiger partial charge in [0, 0.05) is 13.1 Å². The van der Waals surface area contributed by atoms with Gasteiger partial charge in [0.05, 0.1) is 12.1 Å². The van der Waals surface area contributed by atoms with Crippen molar-refractivity contribution in [3.63, 3.8) is 0 Å². The molecule has 0 heterocycles. The molecule has 0 saturated carbocycles. The Morgan fingerprint density at radius 3 is 2.70 bits per heavy atom. The van der Waals surface area contributed by atoms with Crippen molar-refractivity contribution in [2.45, 2.75) is 19.6 Å². The Labute approximate surface area is 116 Å². The van der Waals surface area contributed by atoms with Gasteiger partial charge in [-0.15, -0.1) is 6.58 Å². The van der Waals surface area contributed by atoms with Crippen LogP contribution in [-0.2, 0) is 12.7 Å². The quantitative estimate of drug-likeness (QED) is 0.496. The van der Waals surface area contributed by atoms with Crippen molar-refractivity contribution in [3.05, 3.63) is 48.0 Å². The summed E-state index contributed by atoms with van der Waals surface area (Å²) in [7, 11) is 0. The molecular formula is C14H18F3N3. The number of hydrogen-bond acceptors (Lipinski definition) is 1. The van der Waals surface area contributed by atoms with Gasteiger partial charge in [0.1, 0.15) is 0 Å². The first kappa shape index (κ1) is 16.1. The average Bonchev–Trinajstić information content (AvgIpc) is 2.41. The summed E-state index contributed by atoms with van der Waals surface area (Å²) in [6, 6.07) is 5.17. The van der Waals surface area contributed by atoms with Gasteiger partial charge < -0.3 is 10.6 Å². The predicted octanol–water partition coefficient (Wildman–Crippen LogP) is 2.95. The Hall–Kier alpha value is -1.98. The summed E-state index contributed by atoms with van der Waals surface area (Å²) < 4.78 is 37.7. The highest BCUT2D eigenvalue weighted by Gasteiger charge is 2.30. The molecule has 0 amide bonds. The molecule has 0 unspecified atom stereocenters. The van der Waals surface area contributed by atoms with E-state index in [1.165, 1.54) is 6.07 Å². The number of nitrogens with zero attached hydrogens (tertiary/aromatic N) is 1. The van der Waals surface area contributed by atoms with Crippen molar-refractivity contribution in [2.75, 3.05) is 13.1 Å². The molecule has 110 valence electrons. The van der Waals surface area contributed by atoms with Gasteiger partial charge in [-0.25, -0.2) is 4.99 Å². The highest BCUT2D eigenvalue weighted by Crippen LogP contribution is 2.29. The van der Waals surface area contributed by atoms with E-state index in [2.05, 4.69) is 22.2 Å². The Kier molecular flexibility index (Phi) is 6.09. The molecule has 0 aromatic heterocycles. The lowest BCUT2D eigenvalue weighted by molar-refractivity contribution is -0.137. The maximum atomic E-state index is 12.6. The first-order valence-corrected chi connectivity index (χ1v) is 6.26. The second-order valence-electron chi connectivity index (χ2n) is 4.06. The molecule has 1 rings (SSSR count). The lowest BCUT2D eigenvalue weighted by atomic mass is 10.1. The molecule has 20 heavy (non-hydrogen) atoms. The average molecular weight is 285 g/mol. The highest BCUT2D eigenvalue weighted by atomic mass is 19.4. The van der Waals surface area contributed by atoms with E-state index < -0.39 is 11.7 Å². The number of hydrogen-bond donors (Lipinski definition) is 2. The second-order valence-corrected chi connectivity index (χ2v) is 4.06. The van der Waals surface area contributed by atoms with E-state index in [1.54, 1.807) is 12.1 Å². The summed E-state index contributed by atoms with van der Waals surface area (Å²) in [5, 5.41) is 5.99. The third-order valence-electron chi connectivity index (χ3n) is 2.43. The SMILES string of the molecule is C=CCNC(=NCc1cccc(C(F)(F)F)c1)NCC. The number of nitrogens with one attached hydrogen (secondary N) is 2. The number of benzene rings is 1. The zero-order valence-corrected chi connectivity index (χ0v) is 11.3. The molecule has 1 aromatic rings. The van der Waals surface area contributed by atoms with E-state index in [0.717, 1.165) is 12.1 Å². The second kappa shape index (κ2) is 7.57. The van der Waals surface area contributed by atoms with Crippen LogP contribution < -0.4 is 10.6 Å². The van der Waals surface area contributed by atoms with Crippen molar-refractivity contribution in [2.24, 2.45) is 4.99 Å².